The first kappa shape index (κ1) is 19.6. The summed E-state index contributed by atoms with van der Waals surface area (Å²) in [4.78, 5) is 24.1. The van der Waals surface area contributed by atoms with E-state index in [2.05, 4.69) is 22.2 Å². The van der Waals surface area contributed by atoms with E-state index >= 15 is 0 Å². The van der Waals surface area contributed by atoms with Crippen molar-refractivity contribution in [1.82, 2.24) is 14.8 Å². The van der Waals surface area contributed by atoms with E-state index in [1.165, 1.54) is 0 Å². The first-order valence-electron chi connectivity index (χ1n) is 6.95. The van der Waals surface area contributed by atoms with E-state index in [1.54, 1.807) is 42.5 Å². The zero-order valence-corrected chi connectivity index (χ0v) is 15.8. The van der Waals surface area contributed by atoms with Gasteiger partial charge in [0.25, 0.3) is 5.56 Å². The summed E-state index contributed by atoms with van der Waals surface area (Å²) in [7, 11) is 0. The van der Waals surface area contributed by atoms with Gasteiger partial charge in [-0.3, -0.25) is 9.78 Å². The molecule has 1 aromatic heterocycles. The topological polar surface area (TPSA) is 88.0 Å². The van der Waals surface area contributed by atoms with Crippen molar-refractivity contribution in [3.63, 3.8) is 0 Å². The second-order valence-corrected chi connectivity index (χ2v) is 4.52. The molecule has 0 bridgehead atoms. The molecule has 0 spiro atoms. The Hall–Kier alpha value is -2.46. The number of hydrogen-bond donors (Lipinski definition) is 2. The number of aromatic hydroxyl groups is 1. The smallest absolute Gasteiger partial charge is 0.533 e. The molecule has 0 amide bonds. The van der Waals surface area contributed by atoms with E-state index in [1.807, 2.05) is 6.92 Å². The monoisotopic (exact) mass is 493 g/mol. The molecule has 0 radical (unpaired) electrons. The van der Waals surface area contributed by atoms with Gasteiger partial charge in [0.05, 0.1) is 0 Å². The average molecular weight is 493 g/mol. The Kier molecular flexibility index (Phi) is 7.86. The molecule has 6 nitrogen and oxygen atoms in total. The first-order valence-corrected chi connectivity index (χ1v) is 6.95. The number of rotatable bonds is 2. The fraction of sp³-hybridized carbons (Fsp3) is 0.118. The van der Waals surface area contributed by atoms with Gasteiger partial charge < -0.3 is 5.11 Å². The van der Waals surface area contributed by atoms with Gasteiger partial charge in [-0.25, -0.2) is 9.48 Å². The fourth-order valence-electron chi connectivity index (χ4n) is 1.80. The molecule has 0 saturated carbocycles. The summed E-state index contributed by atoms with van der Waals surface area (Å²) in [5.74, 6) is 0.372. The van der Waals surface area contributed by atoms with E-state index in [4.69, 9.17) is 5.11 Å². The number of nitrogens with one attached hydrogen (secondary N) is 1. The van der Waals surface area contributed by atoms with Crippen molar-refractivity contribution in [2.24, 2.45) is 0 Å². The molecule has 3 rings (SSSR count). The Morgan fingerprint density at radius 3 is 2.38 bits per heavy atom. The second kappa shape index (κ2) is 9.63. The Labute approximate surface area is 153 Å². The van der Waals surface area contributed by atoms with Gasteiger partial charge in [0, 0.05) is 5.75 Å². The van der Waals surface area contributed by atoms with Crippen molar-refractivity contribution in [2.75, 3.05) is 0 Å². The molecule has 0 atom stereocenters. The zero-order chi connectivity index (χ0) is 16.7. The molecule has 3 aromatic rings. The molecule has 1 heterocycles. The number of phenols is 1. The summed E-state index contributed by atoms with van der Waals surface area (Å²) in [6.07, 6.45) is 1.92. The van der Waals surface area contributed by atoms with Crippen LogP contribution in [-0.2, 0) is 27.5 Å². The van der Waals surface area contributed by atoms with Gasteiger partial charge >= 0.3 is 26.8 Å². The summed E-state index contributed by atoms with van der Waals surface area (Å²) in [5.41, 5.74) is 0.486. The van der Waals surface area contributed by atoms with Crippen LogP contribution in [0, 0.1) is 12.1 Å². The Balaban J connectivity index is 0.000000252. The van der Waals surface area contributed by atoms with Crippen LogP contribution in [0.2, 0.25) is 0 Å². The van der Waals surface area contributed by atoms with Crippen molar-refractivity contribution in [2.45, 2.75) is 13.3 Å². The number of phenolic OH excluding ortho intramolecular Hbond substituents is 1. The summed E-state index contributed by atoms with van der Waals surface area (Å²) < 4.78 is 1.11. The van der Waals surface area contributed by atoms with E-state index < -0.39 is 11.2 Å². The van der Waals surface area contributed by atoms with E-state index in [0.717, 1.165) is 22.9 Å². The van der Waals surface area contributed by atoms with E-state index in [9.17, 15) is 9.59 Å². The van der Waals surface area contributed by atoms with Crippen LogP contribution in [0.15, 0.2) is 58.3 Å². The fourth-order valence-corrected chi connectivity index (χ4v) is 1.80. The quantitative estimate of drug-likeness (QED) is 0.530. The van der Waals surface area contributed by atoms with Gasteiger partial charge in [0.1, 0.15) is 6.20 Å². The van der Waals surface area contributed by atoms with Crippen molar-refractivity contribution in [3.05, 3.63) is 87.2 Å². The average Bonchev–Trinajstić information content (AvgIpc) is 2.57. The number of benzene rings is 2. The molecule has 0 saturated heterocycles. The summed E-state index contributed by atoms with van der Waals surface area (Å²) >= 11 is 0. The maximum atomic E-state index is 11.3. The second-order valence-electron chi connectivity index (χ2n) is 4.52. The normalized spacial score (nSPS) is 9.38. The minimum absolute atomic E-state index is 0. The standard InChI is InChI=1S/C9H6N3O2.C8H9O.W/c13-8-6-10-12(9(14)11-8)7-4-2-1-3-5-7;1-2-7-5-3-4-6-8(7)9;/h2-6H,(H,11,13,14);4-6,9H,2H2,1H3;/q2*-1;+2. The molecule has 0 fully saturated rings. The molecule has 2 aromatic carbocycles. The van der Waals surface area contributed by atoms with Crippen LogP contribution < -0.4 is 11.2 Å². The molecular formula is C17H15N3O3W. The number of aromatic nitrogens is 3. The largest absolute Gasteiger partial charge is 2.00 e. The van der Waals surface area contributed by atoms with E-state index in [-0.39, 0.29) is 21.1 Å². The van der Waals surface area contributed by atoms with Gasteiger partial charge in [0.2, 0.25) is 0 Å². The van der Waals surface area contributed by atoms with Crippen molar-refractivity contribution < 1.29 is 26.2 Å². The number of aryl methyl sites for hydroxylation is 1. The number of hydrogen-bond acceptors (Lipinski definition) is 4. The van der Waals surface area contributed by atoms with Crippen molar-refractivity contribution in [3.8, 4) is 11.4 Å². The maximum absolute atomic E-state index is 11.3. The summed E-state index contributed by atoms with van der Waals surface area (Å²) in [5, 5.41) is 12.8. The van der Waals surface area contributed by atoms with Gasteiger partial charge in [-0.1, -0.05) is 13.3 Å². The summed E-state index contributed by atoms with van der Waals surface area (Å²) in [6, 6.07) is 17.5. The third-order valence-electron chi connectivity index (χ3n) is 2.96. The van der Waals surface area contributed by atoms with Crippen molar-refractivity contribution in [1.29, 1.82) is 0 Å². The predicted octanol–water partition coefficient (Wildman–Crippen LogP) is 1.47. The Bertz CT molecular complexity index is 876. The Morgan fingerprint density at radius 1 is 1.17 bits per heavy atom. The minimum atomic E-state index is -0.552. The third-order valence-corrected chi connectivity index (χ3v) is 2.96. The molecule has 0 aliphatic carbocycles. The predicted molar refractivity (Wildman–Crippen MR) is 85.6 cm³/mol. The molecule has 0 aliphatic rings. The van der Waals surface area contributed by atoms with Crippen LogP contribution in [0.1, 0.15) is 12.5 Å². The molecule has 24 heavy (non-hydrogen) atoms. The van der Waals surface area contributed by atoms with E-state index in [0.29, 0.717) is 11.4 Å². The van der Waals surface area contributed by atoms with Gasteiger partial charge in [0.15, 0.2) is 0 Å². The number of aromatic amines is 1. The maximum Gasteiger partial charge on any atom is 2.00 e. The van der Waals surface area contributed by atoms with Crippen molar-refractivity contribution >= 4 is 0 Å². The Morgan fingerprint density at radius 2 is 1.83 bits per heavy atom. The minimum Gasteiger partial charge on any atom is -0.533 e. The molecule has 7 heteroatoms. The zero-order valence-electron chi connectivity index (χ0n) is 12.9. The van der Waals surface area contributed by atoms with Crippen LogP contribution in [0.25, 0.3) is 5.69 Å². The van der Waals surface area contributed by atoms with Crippen LogP contribution in [0.3, 0.4) is 0 Å². The van der Waals surface area contributed by atoms with Crippen LogP contribution in [0.5, 0.6) is 5.75 Å². The number of H-pyrrole nitrogens is 1. The molecule has 0 aliphatic heterocycles. The third kappa shape index (κ3) is 5.32. The SMILES string of the molecule is CCc1c[c-]ccc1O.O=c1cnn(-c2cc[c-]cc2)c(=O)[nH]1.[W+2]. The van der Waals surface area contributed by atoms with Crippen LogP contribution in [0.4, 0.5) is 0 Å². The van der Waals surface area contributed by atoms with Gasteiger partial charge in [-0.15, -0.1) is 23.8 Å². The van der Waals surface area contributed by atoms with Crippen LogP contribution >= 0.6 is 0 Å². The molecule has 0 unspecified atom stereocenters. The summed E-state index contributed by atoms with van der Waals surface area (Å²) in [6.45, 7) is 2.00. The van der Waals surface area contributed by atoms with Gasteiger partial charge in [-0.05, 0) is 5.69 Å². The molecular weight excluding hydrogens is 478 g/mol. The first-order chi connectivity index (χ1) is 11.1. The molecule has 2 N–H and O–H groups in total. The number of nitrogens with zero attached hydrogens (tertiary/aromatic N) is 2. The molecule has 122 valence electrons. The van der Waals surface area contributed by atoms with Gasteiger partial charge in [-0.2, -0.15) is 41.5 Å². The van der Waals surface area contributed by atoms with Crippen LogP contribution in [-0.4, -0.2) is 19.9 Å².